The first-order chi connectivity index (χ1) is 9.13. The Morgan fingerprint density at radius 1 is 1.74 bits per heavy atom. The summed E-state index contributed by atoms with van der Waals surface area (Å²) in [6.45, 7) is 2.11. The van der Waals surface area contributed by atoms with Crippen molar-refractivity contribution >= 4 is 25.2 Å². The molecule has 7 nitrogen and oxygen atoms in total. The number of nitrogens with two attached hydrogens (primary N) is 1. The number of nitrogens with zero attached hydrogens (tertiary/aromatic N) is 2. The van der Waals surface area contributed by atoms with Crippen molar-refractivity contribution in [3.63, 3.8) is 0 Å². The van der Waals surface area contributed by atoms with Gasteiger partial charge in [0.1, 0.15) is 12.7 Å². The number of hydrogen-bond donors (Lipinski definition) is 3. The average Bonchev–Trinajstić information content (AvgIpc) is 2.68. The summed E-state index contributed by atoms with van der Waals surface area (Å²) in [6.07, 6.45) is 0.711. The van der Waals surface area contributed by atoms with E-state index in [-0.39, 0.29) is 18.6 Å². The number of aliphatic hydroxyl groups is 1. The van der Waals surface area contributed by atoms with Crippen LogP contribution in [0.2, 0.25) is 0 Å². The summed E-state index contributed by atoms with van der Waals surface area (Å²) in [4.78, 5) is 4.00. The molecule has 0 radical (unpaired) electrons. The molecule has 19 heavy (non-hydrogen) atoms. The SMILES string of the molecule is C[C@@H]1[C@H](N[P+](=S)OCCC#N)[C@@H](CO)O[C@H]1N=CN. The zero-order valence-corrected chi connectivity index (χ0v) is 12.3. The molecule has 106 valence electrons. The van der Waals surface area contributed by atoms with Crippen LogP contribution < -0.4 is 10.8 Å². The quantitative estimate of drug-likeness (QED) is 0.262. The Kier molecular flexibility index (Phi) is 7.31. The maximum atomic E-state index is 9.31. The summed E-state index contributed by atoms with van der Waals surface area (Å²) in [5, 5.41) is 20.9. The van der Waals surface area contributed by atoms with E-state index >= 15 is 0 Å². The van der Waals surface area contributed by atoms with Crippen LogP contribution in [0.4, 0.5) is 0 Å². The van der Waals surface area contributed by atoms with Crippen molar-refractivity contribution in [2.45, 2.75) is 31.7 Å². The number of aliphatic hydroxyl groups excluding tert-OH is 1. The van der Waals surface area contributed by atoms with Gasteiger partial charge in [0, 0.05) is 5.92 Å². The van der Waals surface area contributed by atoms with Crippen LogP contribution in [0.15, 0.2) is 4.99 Å². The van der Waals surface area contributed by atoms with Crippen molar-refractivity contribution in [3.05, 3.63) is 0 Å². The lowest BCUT2D eigenvalue weighted by molar-refractivity contribution is 0.00691. The highest BCUT2D eigenvalue weighted by molar-refractivity contribution is 8.02. The van der Waals surface area contributed by atoms with Crippen LogP contribution in [-0.2, 0) is 21.1 Å². The highest BCUT2D eigenvalue weighted by atomic mass is 32.4. The maximum Gasteiger partial charge on any atom is 0.439 e. The van der Waals surface area contributed by atoms with E-state index in [0.717, 1.165) is 0 Å². The molecular formula is C10H18N4O3PS+. The van der Waals surface area contributed by atoms with Crippen LogP contribution in [-0.4, -0.2) is 43.0 Å². The Labute approximate surface area is 118 Å². The number of rotatable bonds is 7. The molecule has 1 aliphatic heterocycles. The molecule has 0 aromatic rings. The summed E-state index contributed by atoms with van der Waals surface area (Å²) < 4.78 is 10.9. The molecule has 9 heteroatoms. The van der Waals surface area contributed by atoms with Crippen molar-refractivity contribution in [3.8, 4) is 6.07 Å². The molecule has 1 saturated heterocycles. The Morgan fingerprint density at radius 2 is 2.47 bits per heavy atom. The summed E-state index contributed by atoms with van der Waals surface area (Å²) in [6, 6.07) is 1.83. The Morgan fingerprint density at radius 3 is 3.05 bits per heavy atom. The maximum absolute atomic E-state index is 9.31. The lowest BCUT2D eigenvalue weighted by Gasteiger charge is -2.14. The monoisotopic (exact) mass is 305 g/mol. The molecule has 1 heterocycles. The van der Waals surface area contributed by atoms with Crippen molar-refractivity contribution in [2.75, 3.05) is 13.2 Å². The van der Waals surface area contributed by atoms with Gasteiger partial charge < -0.3 is 15.6 Å². The van der Waals surface area contributed by atoms with Gasteiger partial charge in [-0.15, -0.1) is 0 Å². The molecule has 0 spiro atoms. The predicted octanol–water partition coefficient (Wildman–Crippen LogP) is -0.0110. The fraction of sp³-hybridized carbons (Fsp3) is 0.800. The van der Waals surface area contributed by atoms with E-state index in [1.165, 1.54) is 6.34 Å². The number of aliphatic imine (C=N–C) groups is 1. The third-order valence-electron chi connectivity index (χ3n) is 2.82. The summed E-state index contributed by atoms with van der Waals surface area (Å²) >= 11 is 5.17. The van der Waals surface area contributed by atoms with Gasteiger partial charge in [0.05, 0.1) is 31.5 Å². The van der Waals surface area contributed by atoms with E-state index in [2.05, 4.69) is 10.1 Å². The molecule has 0 bridgehead atoms. The first kappa shape index (κ1) is 16.4. The minimum absolute atomic E-state index is 0.0180. The summed E-state index contributed by atoms with van der Waals surface area (Å²) in [5.41, 5.74) is 5.26. The molecule has 1 aliphatic rings. The van der Waals surface area contributed by atoms with Gasteiger partial charge in [0.2, 0.25) is 11.8 Å². The molecule has 1 unspecified atom stereocenters. The van der Waals surface area contributed by atoms with E-state index in [1.54, 1.807) is 0 Å². The van der Waals surface area contributed by atoms with Gasteiger partial charge in [-0.3, -0.25) is 0 Å². The summed E-state index contributed by atoms with van der Waals surface area (Å²) in [7, 11) is -1.28. The minimum Gasteiger partial charge on any atom is -0.394 e. The first-order valence-electron chi connectivity index (χ1n) is 5.87. The molecule has 0 saturated carbocycles. The Hall–Kier alpha value is -0.680. The number of ether oxygens (including phenoxy) is 1. The van der Waals surface area contributed by atoms with Crippen LogP contribution in [0.1, 0.15) is 13.3 Å². The smallest absolute Gasteiger partial charge is 0.394 e. The Bertz CT molecular complexity index is 376. The zero-order valence-electron chi connectivity index (χ0n) is 10.6. The second-order valence-electron chi connectivity index (χ2n) is 4.06. The fourth-order valence-electron chi connectivity index (χ4n) is 1.85. The second kappa shape index (κ2) is 8.48. The number of nitriles is 1. The molecule has 1 fully saturated rings. The lowest BCUT2D eigenvalue weighted by Crippen LogP contribution is -2.38. The molecule has 0 aromatic heterocycles. The van der Waals surface area contributed by atoms with Crippen LogP contribution in [0.3, 0.4) is 0 Å². The number of hydrogen-bond acceptors (Lipinski definition) is 6. The third kappa shape index (κ3) is 4.73. The van der Waals surface area contributed by atoms with Gasteiger partial charge in [-0.05, 0) is 0 Å². The van der Waals surface area contributed by atoms with Gasteiger partial charge in [-0.1, -0.05) is 12.0 Å². The summed E-state index contributed by atoms with van der Waals surface area (Å²) in [5.74, 6) is 0.0180. The van der Waals surface area contributed by atoms with Crippen LogP contribution >= 0.6 is 7.07 Å². The van der Waals surface area contributed by atoms with E-state index < -0.39 is 19.4 Å². The topological polar surface area (TPSA) is 113 Å². The normalized spacial score (nSPS) is 31.5. The van der Waals surface area contributed by atoms with Crippen molar-refractivity contribution in [1.29, 1.82) is 5.26 Å². The molecule has 0 aliphatic carbocycles. The van der Waals surface area contributed by atoms with E-state index in [1.807, 2.05) is 13.0 Å². The van der Waals surface area contributed by atoms with Crippen molar-refractivity contribution in [1.82, 2.24) is 5.09 Å². The molecule has 0 aromatic carbocycles. The lowest BCUT2D eigenvalue weighted by atomic mass is 10.0. The highest BCUT2D eigenvalue weighted by Gasteiger charge is 2.44. The standard InChI is InChI=1S/C10H18N4O3PS/c1-7-9(14-18(19)16-4-2-3-11)8(5-15)17-10(7)13-6-12/h6-10,15H,2,4-5H2,1H3,(H2,12,13)(H,14,19)/q+1/t7-,8-,9+,10-/m1/s1. The van der Waals surface area contributed by atoms with Gasteiger partial charge in [0.25, 0.3) is 0 Å². The van der Waals surface area contributed by atoms with Gasteiger partial charge in [0.15, 0.2) is 6.23 Å². The minimum atomic E-state index is -1.28. The van der Waals surface area contributed by atoms with Crippen LogP contribution in [0.5, 0.6) is 0 Å². The Balaban J connectivity index is 2.55. The van der Waals surface area contributed by atoms with E-state index in [0.29, 0.717) is 13.0 Å². The molecule has 5 atom stereocenters. The first-order valence-corrected chi connectivity index (χ1v) is 8.14. The zero-order chi connectivity index (χ0) is 14.3. The van der Waals surface area contributed by atoms with Gasteiger partial charge in [-0.25, -0.2) is 4.99 Å². The second-order valence-corrected chi connectivity index (χ2v) is 6.08. The van der Waals surface area contributed by atoms with Crippen LogP contribution in [0.25, 0.3) is 0 Å². The molecular weight excluding hydrogens is 287 g/mol. The van der Waals surface area contributed by atoms with E-state index in [4.69, 9.17) is 32.1 Å². The van der Waals surface area contributed by atoms with Crippen LogP contribution in [0, 0.1) is 17.2 Å². The largest absolute Gasteiger partial charge is 0.439 e. The highest BCUT2D eigenvalue weighted by Crippen LogP contribution is 2.31. The third-order valence-corrected chi connectivity index (χ3v) is 4.38. The molecule has 1 rings (SSSR count). The van der Waals surface area contributed by atoms with E-state index in [9.17, 15) is 5.11 Å². The molecule has 4 N–H and O–H groups in total. The average molecular weight is 305 g/mol. The van der Waals surface area contributed by atoms with Crippen molar-refractivity contribution < 1.29 is 14.4 Å². The number of nitrogens with one attached hydrogen (secondary N) is 1. The fourth-order valence-corrected chi connectivity index (χ4v) is 3.42. The molecule has 0 amide bonds. The van der Waals surface area contributed by atoms with Gasteiger partial charge in [-0.2, -0.15) is 9.79 Å². The predicted molar refractivity (Wildman–Crippen MR) is 75.0 cm³/mol. The van der Waals surface area contributed by atoms with Gasteiger partial charge >= 0.3 is 7.07 Å². The van der Waals surface area contributed by atoms with Crippen molar-refractivity contribution in [2.24, 2.45) is 16.6 Å².